The van der Waals surface area contributed by atoms with Crippen LogP contribution in [0.3, 0.4) is 0 Å². The topological polar surface area (TPSA) is 63.8 Å². The van der Waals surface area contributed by atoms with E-state index in [9.17, 15) is 0 Å². The normalized spacial score (nSPS) is 10.2. The van der Waals surface area contributed by atoms with Gasteiger partial charge in [0.05, 0.1) is 12.2 Å². The molecule has 0 saturated carbocycles. The van der Waals surface area contributed by atoms with Crippen molar-refractivity contribution in [1.29, 1.82) is 0 Å². The lowest BCUT2D eigenvalue weighted by atomic mass is 10.1. The van der Waals surface area contributed by atoms with Crippen LogP contribution in [0.2, 0.25) is 0 Å². The first kappa shape index (κ1) is 13.9. The van der Waals surface area contributed by atoms with Crippen LogP contribution < -0.4 is 11.1 Å². The molecule has 0 aliphatic heterocycles. The molecule has 0 spiro atoms. The average molecular weight is 337 g/mol. The van der Waals surface area contributed by atoms with Gasteiger partial charge in [0, 0.05) is 21.9 Å². The fourth-order valence-corrected chi connectivity index (χ4v) is 2.21. The monoisotopic (exact) mass is 336 g/mol. The molecule has 2 rings (SSSR count). The van der Waals surface area contributed by atoms with Crippen LogP contribution in [-0.4, -0.2) is 15.0 Å². The van der Waals surface area contributed by atoms with Gasteiger partial charge in [0.25, 0.3) is 0 Å². The van der Waals surface area contributed by atoms with Crippen LogP contribution in [-0.2, 0) is 6.54 Å². The van der Waals surface area contributed by atoms with Crippen molar-refractivity contribution in [2.24, 2.45) is 5.73 Å². The third kappa shape index (κ3) is 3.71. The van der Waals surface area contributed by atoms with Crippen LogP contribution >= 0.6 is 28.1 Å². The number of rotatable bonds is 4. The Balaban J connectivity index is 2.19. The smallest absolute Gasteiger partial charge is 0.125 e. The largest absolute Gasteiger partial charge is 0.389 e. The molecule has 2 aromatic rings. The summed E-state index contributed by atoms with van der Waals surface area (Å²) in [5.74, 6) is 0.753. The van der Waals surface area contributed by atoms with Gasteiger partial charge in [-0.1, -0.05) is 28.1 Å². The maximum atomic E-state index is 5.71. The molecule has 0 atom stereocenters. The number of aromatic nitrogens is 2. The number of nitrogens with two attached hydrogens (primary N) is 1. The number of nitrogens with one attached hydrogen (secondary N) is 1. The highest BCUT2D eigenvalue weighted by atomic mass is 79.9. The Morgan fingerprint density at radius 3 is 2.89 bits per heavy atom. The lowest BCUT2D eigenvalue weighted by Gasteiger charge is -2.11. The molecule has 6 heteroatoms. The van der Waals surface area contributed by atoms with E-state index < -0.39 is 0 Å². The van der Waals surface area contributed by atoms with Gasteiger partial charge in [-0.3, -0.25) is 0 Å². The van der Waals surface area contributed by atoms with Gasteiger partial charge in [-0.25, -0.2) is 9.97 Å². The summed E-state index contributed by atoms with van der Waals surface area (Å²) < 4.78 is 0.967. The highest BCUT2D eigenvalue weighted by Gasteiger charge is 2.06. The van der Waals surface area contributed by atoms with Gasteiger partial charge >= 0.3 is 0 Å². The van der Waals surface area contributed by atoms with E-state index in [1.807, 2.05) is 31.2 Å². The van der Waals surface area contributed by atoms with Crippen molar-refractivity contribution in [3.05, 3.63) is 52.0 Å². The molecule has 0 unspecified atom stereocenters. The fourth-order valence-electron chi connectivity index (χ4n) is 1.67. The van der Waals surface area contributed by atoms with Crippen molar-refractivity contribution < 1.29 is 0 Å². The summed E-state index contributed by atoms with van der Waals surface area (Å²) in [5, 5.41) is 3.29. The van der Waals surface area contributed by atoms with Crippen LogP contribution in [0, 0.1) is 6.92 Å². The molecule has 0 amide bonds. The summed E-state index contributed by atoms with van der Waals surface area (Å²) in [5.41, 5.74) is 8.34. The minimum absolute atomic E-state index is 0.369. The summed E-state index contributed by atoms with van der Waals surface area (Å²) in [6, 6.07) is 7.62. The second kappa shape index (κ2) is 6.08. The minimum atomic E-state index is 0.369. The van der Waals surface area contributed by atoms with Crippen molar-refractivity contribution in [3.8, 4) is 0 Å². The average Bonchev–Trinajstić information content (AvgIpc) is 2.36. The number of anilines is 1. The van der Waals surface area contributed by atoms with Gasteiger partial charge in [0.2, 0.25) is 0 Å². The van der Waals surface area contributed by atoms with Gasteiger partial charge < -0.3 is 11.1 Å². The Morgan fingerprint density at radius 2 is 2.21 bits per heavy atom. The molecule has 0 radical (unpaired) electrons. The highest BCUT2D eigenvalue weighted by Crippen LogP contribution is 2.22. The zero-order valence-electron chi connectivity index (χ0n) is 10.4. The van der Waals surface area contributed by atoms with E-state index >= 15 is 0 Å². The van der Waals surface area contributed by atoms with Crippen molar-refractivity contribution in [2.45, 2.75) is 13.5 Å². The summed E-state index contributed by atoms with van der Waals surface area (Å²) in [7, 11) is 0. The van der Waals surface area contributed by atoms with E-state index in [4.69, 9.17) is 18.0 Å². The van der Waals surface area contributed by atoms with Crippen molar-refractivity contribution >= 4 is 38.8 Å². The molecule has 1 aromatic heterocycles. The second-order valence-corrected chi connectivity index (χ2v) is 5.36. The van der Waals surface area contributed by atoms with Crippen LogP contribution in [0.5, 0.6) is 0 Å². The van der Waals surface area contributed by atoms with Crippen molar-refractivity contribution in [2.75, 3.05) is 5.32 Å². The van der Waals surface area contributed by atoms with Gasteiger partial charge in [-0.2, -0.15) is 0 Å². The highest BCUT2D eigenvalue weighted by molar-refractivity contribution is 9.10. The third-order valence-corrected chi connectivity index (χ3v) is 3.25. The first-order chi connectivity index (χ1) is 9.06. The Labute approximate surface area is 125 Å². The first-order valence-electron chi connectivity index (χ1n) is 5.68. The van der Waals surface area contributed by atoms with Crippen LogP contribution in [0.1, 0.15) is 17.1 Å². The maximum absolute atomic E-state index is 5.71. The van der Waals surface area contributed by atoms with Crippen LogP contribution in [0.4, 0.5) is 5.69 Å². The Bertz CT molecular complexity index is 615. The second-order valence-electron chi connectivity index (χ2n) is 4.00. The van der Waals surface area contributed by atoms with E-state index in [0.29, 0.717) is 11.5 Å². The summed E-state index contributed by atoms with van der Waals surface area (Å²) >= 11 is 8.47. The number of hydrogen-bond donors (Lipinski definition) is 2. The number of thiocarbonyl (C=S) groups is 1. The van der Waals surface area contributed by atoms with Crippen LogP contribution in [0.15, 0.2) is 34.9 Å². The summed E-state index contributed by atoms with van der Waals surface area (Å²) in [4.78, 5) is 8.77. The first-order valence-corrected chi connectivity index (χ1v) is 6.88. The fraction of sp³-hybridized carbons (Fsp3) is 0.154. The Hall–Kier alpha value is -1.53. The summed E-state index contributed by atoms with van der Waals surface area (Å²) in [6.45, 7) is 2.46. The number of benzene rings is 1. The lowest BCUT2D eigenvalue weighted by Crippen LogP contribution is -2.13. The van der Waals surface area contributed by atoms with E-state index in [2.05, 4.69) is 31.2 Å². The quantitative estimate of drug-likeness (QED) is 0.840. The van der Waals surface area contributed by atoms with E-state index in [1.54, 1.807) is 6.20 Å². The Kier molecular flexibility index (Phi) is 4.44. The lowest BCUT2D eigenvalue weighted by molar-refractivity contribution is 0.955. The Morgan fingerprint density at radius 1 is 1.42 bits per heavy atom. The van der Waals surface area contributed by atoms with E-state index in [0.717, 1.165) is 27.2 Å². The predicted molar refractivity (Wildman–Crippen MR) is 84.1 cm³/mol. The maximum Gasteiger partial charge on any atom is 0.125 e. The molecular formula is C13H13BrN4S. The molecule has 0 saturated heterocycles. The molecule has 0 fully saturated rings. The van der Waals surface area contributed by atoms with Gasteiger partial charge in [0.1, 0.15) is 10.8 Å². The molecule has 0 aliphatic carbocycles. The number of nitrogens with zero attached hydrogens (tertiary/aromatic N) is 2. The molecule has 3 N–H and O–H groups in total. The van der Waals surface area contributed by atoms with E-state index in [-0.39, 0.29) is 0 Å². The SMILES string of the molecule is Cc1nccc(CNc2cc(Br)ccc2C(N)=S)n1. The van der Waals surface area contributed by atoms with Gasteiger partial charge in [-0.15, -0.1) is 0 Å². The molecule has 0 aliphatic rings. The van der Waals surface area contributed by atoms with E-state index in [1.165, 1.54) is 0 Å². The number of hydrogen-bond acceptors (Lipinski definition) is 4. The minimum Gasteiger partial charge on any atom is -0.389 e. The molecular weight excluding hydrogens is 324 g/mol. The van der Waals surface area contributed by atoms with Gasteiger partial charge in [0.15, 0.2) is 0 Å². The third-order valence-electron chi connectivity index (χ3n) is 2.54. The zero-order valence-corrected chi connectivity index (χ0v) is 12.8. The van der Waals surface area contributed by atoms with Crippen LogP contribution in [0.25, 0.3) is 0 Å². The van der Waals surface area contributed by atoms with Crippen molar-refractivity contribution in [3.63, 3.8) is 0 Å². The standard InChI is InChI=1S/C13H13BrN4S/c1-8-16-5-4-10(18-8)7-17-12-6-9(14)2-3-11(12)13(15)19/h2-6,17H,7H2,1H3,(H2,15,19). The molecule has 98 valence electrons. The molecule has 1 aromatic carbocycles. The number of halogens is 1. The molecule has 19 heavy (non-hydrogen) atoms. The summed E-state index contributed by atoms with van der Waals surface area (Å²) in [6.07, 6.45) is 1.74. The molecule has 1 heterocycles. The van der Waals surface area contributed by atoms with Gasteiger partial charge in [-0.05, 0) is 31.2 Å². The molecule has 0 bridgehead atoms. The predicted octanol–water partition coefficient (Wildman–Crippen LogP) is 2.79. The number of aryl methyl sites for hydroxylation is 1. The molecule has 4 nitrogen and oxygen atoms in total. The zero-order chi connectivity index (χ0) is 13.8. The van der Waals surface area contributed by atoms with Crippen molar-refractivity contribution in [1.82, 2.24) is 9.97 Å².